The largest absolute Gasteiger partial charge is 0.462 e. The summed E-state index contributed by atoms with van der Waals surface area (Å²) in [4.78, 5) is 12.5. The number of ether oxygens (including phenoxy) is 1. The molecule has 3 rings (SSSR count). The molecule has 0 aliphatic rings. The van der Waals surface area contributed by atoms with Crippen LogP contribution in [0.2, 0.25) is 0 Å². The van der Waals surface area contributed by atoms with Crippen LogP contribution >= 0.6 is 11.8 Å². The number of furan rings is 1. The number of hydrogen-bond donors (Lipinski definition) is 0. The Hall–Kier alpha value is -2.67. The lowest BCUT2D eigenvalue weighted by molar-refractivity contribution is -0.140. The van der Waals surface area contributed by atoms with Gasteiger partial charge in [0.1, 0.15) is 11.3 Å². The molecule has 0 radical (unpaired) electrons. The van der Waals surface area contributed by atoms with Gasteiger partial charge < -0.3 is 9.15 Å². The van der Waals surface area contributed by atoms with Gasteiger partial charge in [-0.05, 0) is 61.6 Å². The summed E-state index contributed by atoms with van der Waals surface area (Å²) in [7, 11) is 0. The van der Waals surface area contributed by atoms with Crippen molar-refractivity contribution in [2.24, 2.45) is 5.92 Å². The number of benzene rings is 2. The third-order valence-electron chi connectivity index (χ3n) is 5.60. The second-order valence-electron chi connectivity index (χ2n) is 8.94. The normalized spacial score (nSPS) is 12.6. The number of carbonyl (C=O) groups excluding carboxylic acids is 1. The van der Waals surface area contributed by atoms with Gasteiger partial charge in [-0.3, -0.25) is 0 Å². The van der Waals surface area contributed by atoms with Gasteiger partial charge in [-0.1, -0.05) is 45.4 Å². The van der Waals surface area contributed by atoms with Crippen molar-refractivity contribution in [1.82, 2.24) is 0 Å². The van der Waals surface area contributed by atoms with Crippen molar-refractivity contribution in [2.75, 3.05) is 12.4 Å². The first-order valence-corrected chi connectivity index (χ1v) is 12.8. The van der Waals surface area contributed by atoms with Crippen LogP contribution < -0.4 is 0 Å². The molecule has 0 aliphatic heterocycles. The Morgan fingerprint density at radius 1 is 1.14 bits per heavy atom. The zero-order valence-electron chi connectivity index (χ0n) is 20.3. The Kier molecular flexibility index (Phi) is 9.11. The maximum absolute atomic E-state index is 13.9. The Morgan fingerprint density at radius 2 is 1.91 bits per heavy atom. The number of esters is 1. The zero-order valence-corrected chi connectivity index (χ0v) is 21.2. The molecule has 35 heavy (non-hydrogen) atoms. The van der Waals surface area contributed by atoms with E-state index in [1.54, 1.807) is 30.8 Å². The predicted molar refractivity (Wildman–Crippen MR) is 136 cm³/mol. The monoisotopic (exact) mass is 504 g/mol. The average molecular weight is 505 g/mol. The zero-order chi connectivity index (χ0) is 25.6. The number of rotatable bonds is 11. The van der Waals surface area contributed by atoms with Crippen LogP contribution in [0, 0.1) is 5.92 Å². The number of fused-ring (bicyclic) bond motifs is 1. The minimum Gasteiger partial charge on any atom is -0.462 e. The lowest BCUT2D eigenvalue weighted by Crippen LogP contribution is -2.13. The molecule has 0 amide bonds. The van der Waals surface area contributed by atoms with Gasteiger partial charge in [-0.25, -0.2) is 4.79 Å². The smallest absolute Gasteiger partial charge is 0.417 e. The SMILES string of the molecule is C=C(C)C(=O)OCC(C)CSc1ccc2cc(-c3ccc(CCCCC)cc3C(F)(F)F)oc2c1. The second-order valence-corrected chi connectivity index (χ2v) is 10.0. The second kappa shape index (κ2) is 11.8. The van der Waals surface area contributed by atoms with E-state index in [4.69, 9.17) is 9.15 Å². The van der Waals surface area contributed by atoms with Gasteiger partial charge in [-0.15, -0.1) is 11.8 Å². The van der Waals surface area contributed by atoms with Crippen molar-refractivity contribution < 1.29 is 27.1 Å². The molecular formula is C28H31F3O3S. The number of unbranched alkanes of at least 4 members (excludes halogenated alkanes) is 2. The molecule has 3 nitrogen and oxygen atoms in total. The van der Waals surface area contributed by atoms with Crippen molar-refractivity contribution >= 4 is 28.7 Å². The Morgan fingerprint density at radius 3 is 2.60 bits per heavy atom. The molecule has 0 N–H and O–H groups in total. The number of aryl methyl sites for hydroxylation is 1. The summed E-state index contributed by atoms with van der Waals surface area (Å²) in [6, 6.07) is 11.8. The third kappa shape index (κ3) is 7.40. The quantitative estimate of drug-likeness (QED) is 0.113. The van der Waals surface area contributed by atoms with Gasteiger partial charge in [0, 0.05) is 27.2 Å². The van der Waals surface area contributed by atoms with Crippen molar-refractivity contribution in [3.05, 3.63) is 65.7 Å². The van der Waals surface area contributed by atoms with Crippen LogP contribution in [-0.2, 0) is 22.1 Å². The number of carbonyl (C=O) groups is 1. The van der Waals surface area contributed by atoms with Crippen LogP contribution in [0.5, 0.6) is 0 Å². The number of alkyl halides is 3. The van der Waals surface area contributed by atoms with Crippen molar-refractivity contribution in [3.8, 4) is 11.3 Å². The fourth-order valence-electron chi connectivity index (χ4n) is 3.64. The van der Waals surface area contributed by atoms with E-state index in [0.29, 0.717) is 35.5 Å². The molecule has 188 valence electrons. The summed E-state index contributed by atoms with van der Waals surface area (Å²) in [5.41, 5.74) is 0.969. The minimum absolute atomic E-state index is 0.0510. The maximum Gasteiger partial charge on any atom is 0.417 e. The van der Waals surface area contributed by atoms with E-state index in [2.05, 4.69) is 13.5 Å². The molecule has 0 aliphatic carbocycles. The molecular weight excluding hydrogens is 473 g/mol. The predicted octanol–water partition coefficient (Wildman–Crippen LogP) is 8.70. The van der Waals surface area contributed by atoms with Crippen LogP contribution in [0.15, 0.2) is 63.9 Å². The first-order chi connectivity index (χ1) is 16.6. The molecule has 0 spiro atoms. The van der Waals surface area contributed by atoms with Gasteiger partial charge >= 0.3 is 12.1 Å². The van der Waals surface area contributed by atoms with Gasteiger partial charge in [-0.2, -0.15) is 13.2 Å². The van der Waals surface area contributed by atoms with Crippen LogP contribution in [-0.4, -0.2) is 18.3 Å². The summed E-state index contributed by atoms with van der Waals surface area (Å²) in [5.74, 6) is 0.630. The Bertz CT molecular complexity index is 1180. The molecule has 0 bridgehead atoms. The molecule has 1 unspecified atom stereocenters. The molecule has 0 fully saturated rings. The number of halogens is 3. The van der Waals surface area contributed by atoms with E-state index < -0.39 is 17.7 Å². The average Bonchev–Trinajstić information content (AvgIpc) is 3.24. The summed E-state index contributed by atoms with van der Waals surface area (Å²) < 4.78 is 52.7. The highest BCUT2D eigenvalue weighted by atomic mass is 32.2. The number of hydrogen-bond acceptors (Lipinski definition) is 4. The fraction of sp³-hybridized carbons (Fsp3) is 0.393. The summed E-state index contributed by atoms with van der Waals surface area (Å²) in [6.45, 7) is 9.51. The van der Waals surface area contributed by atoms with Crippen molar-refractivity contribution in [1.29, 1.82) is 0 Å². The number of thioether (sulfide) groups is 1. The molecule has 0 saturated heterocycles. The van der Waals surface area contributed by atoms with E-state index in [0.717, 1.165) is 29.5 Å². The summed E-state index contributed by atoms with van der Waals surface area (Å²) in [6.07, 6.45) is -0.966. The summed E-state index contributed by atoms with van der Waals surface area (Å²) in [5, 5.41) is 0.743. The van der Waals surface area contributed by atoms with Gasteiger partial charge in [0.2, 0.25) is 0 Å². The van der Waals surface area contributed by atoms with Crippen LogP contribution in [0.3, 0.4) is 0 Å². The summed E-state index contributed by atoms with van der Waals surface area (Å²) >= 11 is 1.57. The van der Waals surface area contributed by atoms with E-state index in [9.17, 15) is 18.0 Å². The molecule has 1 atom stereocenters. The minimum atomic E-state index is -4.47. The van der Waals surface area contributed by atoms with Gasteiger partial charge in [0.05, 0.1) is 12.2 Å². The van der Waals surface area contributed by atoms with E-state index in [-0.39, 0.29) is 17.2 Å². The maximum atomic E-state index is 13.9. The lowest BCUT2D eigenvalue weighted by atomic mass is 9.98. The van der Waals surface area contributed by atoms with Gasteiger partial charge in [0.25, 0.3) is 0 Å². The van der Waals surface area contributed by atoms with Gasteiger partial charge in [0.15, 0.2) is 0 Å². The highest BCUT2D eigenvalue weighted by molar-refractivity contribution is 7.99. The van der Waals surface area contributed by atoms with E-state index in [1.165, 1.54) is 12.1 Å². The van der Waals surface area contributed by atoms with E-state index in [1.807, 2.05) is 25.1 Å². The molecule has 3 aromatic rings. The van der Waals surface area contributed by atoms with Crippen molar-refractivity contribution in [2.45, 2.75) is 57.5 Å². The molecule has 7 heteroatoms. The molecule has 1 heterocycles. The highest BCUT2D eigenvalue weighted by Gasteiger charge is 2.34. The highest BCUT2D eigenvalue weighted by Crippen LogP contribution is 2.40. The molecule has 0 saturated carbocycles. The first-order valence-electron chi connectivity index (χ1n) is 11.8. The fourth-order valence-corrected chi connectivity index (χ4v) is 4.56. The topological polar surface area (TPSA) is 39.4 Å². The van der Waals surface area contributed by atoms with Crippen molar-refractivity contribution in [3.63, 3.8) is 0 Å². The van der Waals surface area contributed by atoms with Crippen LogP contribution in [0.4, 0.5) is 13.2 Å². The third-order valence-corrected chi connectivity index (χ3v) is 6.92. The molecule has 1 aromatic heterocycles. The lowest BCUT2D eigenvalue weighted by Gasteiger charge is -2.13. The first kappa shape index (κ1) is 26.9. The Labute approximate surface area is 208 Å². The van der Waals surface area contributed by atoms with E-state index >= 15 is 0 Å². The van der Waals surface area contributed by atoms with Crippen LogP contribution in [0.1, 0.15) is 51.2 Å². The van der Waals surface area contributed by atoms with Crippen LogP contribution in [0.25, 0.3) is 22.3 Å². The standard InChI is InChI=1S/C28H31F3O3S/c1-5-6-7-8-20-9-12-23(24(13-20)28(29,30)31)26-14-21-10-11-22(15-25(21)34-26)35-17-19(4)16-33-27(32)18(2)3/h9-15,19H,2,5-8,16-17H2,1,3-4H3. The molecule has 2 aromatic carbocycles. The Balaban J connectivity index is 1.76.